The Kier molecular flexibility index (Phi) is 5.19. The molecule has 0 bridgehead atoms. The van der Waals surface area contributed by atoms with Gasteiger partial charge in [0, 0.05) is 26.2 Å². The third-order valence-electron chi connectivity index (χ3n) is 3.43. The van der Waals surface area contributed by atoms with Gasteiger partial charge in [0.25, 0.3) is 0 Å². The summed E-state index contributed by atoms with van der Waals surface area (Å²) in [6.07, 6.45) is 0.286. The van der Waals surface area contributed by atoms with E-state index < -0.39 is 0 Å². The van der Waals surface area contributed by atoms with Gasteiger partial charge in [-0.2, -0.15) is 0 Å². The number of rotatable bonds is 5. The molecule has 1 heterocycles. The van der Waals surface area contributed by atoms with Crippen LogP contribution in [0.1, 0.15) is 16.7 Å². The molecule has 4 nitrogen and oxygen atoms in total. The van der Waals surface area contributed by atoms with Crippen LogP contribution in [0.25, 0.3) is 0 Å². The highest BCUT2D eigenvalue weighted by Gasteiger charge is 2.12. The topological polar surface area (TPSA) is 42.5 Å². The van der Waals surface area contributed by atoms with Crippen molar-refractivity contribution >= 4 is 0 Å². The van der Waals surface area contributed by atoms with Gasteiger partial charge in [-0.05, 0) is 30.5 Å². The van der Waals surface area contributed by atoms with Crippen molar-refractivity contribution in [1.29, 1.82) is 0 Å². The highest BCUT2D eigenvalue weighted by Crippen LogP contribution is 2.24. The standard InChI is InChI=1S/C15H24N2O2/c1-11-6-13(7-12(2)15(11)18-3)8-17-10-14-9-16-4-5-19-14/h6-7,14,16-17H,4-5,8-10H2,1-3H3. The van der Waals surface area contributed by atoms with Crippen LogP contribution in [0, 0.1) is 13.8 Å². The van der Waals surface area contributed by atoms with E-state index in [9.17, 15) is 0 Å². The second-order valence-electron chi connectivity index (χ2n) is 5.09. The van der Waals surface area contributed by atoms with Gasteiger partial charge >= 0.3 is 0 Å². The molecule has 0 aliphatic carbocycles. The lowest BCUT2D eigenvalue weighted by molar-refractivity contribution is 0.0290. The fourth-order valence-electron chi connectivity index (χ4n) is 2.59. The number of benzene rings is 1. The summed E-state index contributed by atoms with van der Waals surface area (Å²) in [4.78, 5) is 0. The molecule has 0 aromatic heterocycles. The molecule has 19 heavy (non-hydrogen) atoms. The van der Waals surface area contributed by atoms with E-state index in [1.165, 1.54) is 16.7 Å². The first-order valence-corrected chi connectivity index (χ1v) is 6.88. The fourth-order valence-corrected chi connectivity index (χ4v) is 2.59. The Morgan fingerprint density at radius 3 is 2.68 bits per heavy atom. The van der Waals surface area contributed by atoms with E-state index in [2.05, 4.69) is 36.6 Å². The molecule has 4 heteroatoms. The molecule has 1 fully saturated rings. The first-order chi connectivity index (χ1) is 9.20. The van der Waals surface area contributed by atoms with E-state index in [-0.39, 0.29) is 6.10 Å². The summed E-state index contributed by atoms with van der Waals surface area (Å²) < 4.78 is 11.0. The van der Waals surface area contributed by atoms with Crippen molar-refractivity contribution in [2.75, 3.05) is 33.4 Å². The van der Waals surface area contributed by atoms with Gasteiger partial charge in [0.2, 0.25) is 0 Å². The zero-order valence-corrected chi connectivity index (χ0v) is 12.1. The van der Waals surface area contributed by atoms with Crippen LogP contribution in [0.5, 0.6) is 5.75 Å². The second-order valence-corrected chi connectivity index (χ2v) is 5.09. The van der Waals surface area contributed by atoms with Gasteiger partial charge in [-0.25, -0.2) is 0 Å². The monoisotopic (exact) mass is 264 g/mol. The van der Waals surface area contributed by atoms with E-state index in [4.69, 9.17) is 9.47 Å². The van der Waals surface area contributed by atoms with Crippen molar-refractivity contribution in [3.63, 3.8) is 0 Å². The minimum absolute atomic E-state index is 0.286. The lowest BCUT2D eigenvalue weighted by Gasteiger charge is -2.24. The third kappa shape index (κ3) is 3.93. The maximum atomic E-state index is 5.65. The van der Waals surface area contributed by atoms with E-state index in [0.717, 1.165) is 38.5 Å². The van der Waals surface area contributed by atoms with Crippen LogP contribution < -0.4 is 15.4 Å². The van der Waals surface area contributed by atoms with Crippen molar-refractivity contribution in [2.24, 2.45) is 0 Å². The molecule has 1 aromatic carbocycles. The molecule has 0 spiro atoms. The minimum atomic E-state index is 0.286. The van der Waals surface area contributed by atoms with Gasteiger partial charge in [-0.15, -0.1) is 0 Å². The third-order valence-corrected chi connectivity index (χ3v) is 3.43. The average Bonchev–Trinajstić information content (AvgIpc) is 2.40. The molecule has 2 N–H and O–H groups in total. The maximum Gasteiger partial charge on any atom is 0.124 e. The molecule has 106 valence electrons. The van der Waals surface area contributed by atoms with Crippen LogP contribution in [-0.2, 0) is 11.3 Å². The summed E-state index contributed by atoms with van der Waals surface area (Å²) in [6, 6.07) is 4.36. The van der Waals surface area contributed by atoms with Crippen LogP contribution in [0.4, 0.5) is 0 Å². The van der Waals surface area contributed by atoms with Crippen LogP contribution in [0.2, 0.25) is 0 Å². The average molecular weight is 264 g/mol. The Balaban J connectivity index is 1.85. The van der Waals surface area contributed by atoms with Gasteiger partial charge in [-0.1, -0.05) is 12.1 Å². The van der Waals surface area contributed by atoms with E-state index >= 15 is 0 Å². The normalized spacial score (nSPS) is 19.4. The fraction of sp³-hybridized carbons (Fsp3) is 0.600. The number of nitrogens with one attached hydrogen (secondary N) is 2. The summed E-state index contributed by atoms with van der Waals surface area (Å²) in [7, 11) is 1.72. The first kappa shape index (κ1) is 14.3. The van der Waals surface area contributed by atoms with Crippen LogP contribution in [-0.4, -0.2) is 39.5 Å². The van der Waals surface area contributed by atoms with Crippen LogP contribution in [0.15, 0.2) is 12.1 Å². The summed E-state index contributed by atoms with van der Waals surface area (Å²) in [5.41, 5.74) is 3.67. The number of aryl methyl sites for hydroxylation is 2. The van der Waals surface area contributed by atoms with Crippen molar-refractivity contribution in [2.45, 2.75) is 26.5 Å². The number of ether oxygens (including phenoxy) is 2. The van der Waals surface area contributed by atoms with Gasteiger partial charge in [0.15, 0.2) is 0 Å². The summed E-state index contributed by atoms with van der Waals surface area (Å²) >= 11 is 0. The van der Waals surface area contributed by atoms with Gasteiger partial charge in [0.05, 0.1) is 19.8 Å². The van der Waals surface area contributed by atoms with Crippen LogP contribution in [0.3, 0.4) is 0 Å². The van der Waals surface area contributed by atoms with Crippen molar-refractivity contribution in [3.8, 4) is 5.75 Å². The Morgan fingerprint density at radius 2 is 2.11 bits per heavy atom. The lowest BCUT2D eigenvalue weighted by atomic mass is 10.1. The quantitative estimate of drug-likeness (QED) is 0.843. The Bertz CT molecular complexity index is 392. The number of hydrogen-bond acceptors (Lipinski definition) is 4. The minimum Gasteiger partial charge on any atom is -0.496 e. The van der Waals surface area contributed by atoms with Crippen LogP contribution >= 0.6 is 0 Å². The Hall–Kier alpha value is -1.10. The maximum absolute atomic E-state index is 5.65. The number of methoxy groups -OCH3 is 1. The summed E-state index contributed by atoms with van der Waals surface area (Å²) in [6.45, 7) is 8.64. The molecule has 1 aliphatic heterocycles. The number of hydrogen-bond donors (Lipinski definition) is 2. The molecule has 1 aromatic rings. The zero-order chi connectivity index (χ0) is 13.7. The predicted octanol–water partition coefficient (Wildman–Crippen LogP) is 1.39. The van der Waals surface area contributed by atoms with Crippen molar-refractivity contribution in [3.05, 3.63) is 28.8 Å². The molecule has 1 aliphatic rings. The van der Waals surface area contributed by atoms with Crippen molar-refractivity contribution < 1.29 is 9.47 Å². The molecular formula is C15H24N2O2. The molecule has 1 unspecified atom stereocenters. The molecule has 0 saturated carbocycles. The second kappa shape index (κ2) is 6.89. The van der Waals surface area contributed by atoms with Gasteiger partial charge < -0.3 is 20.1 Å². The lowest BCUT2D eigenvalue weighted by Crippen LogP contribution is -2.43. The largest absolute Gasteiger partial charge is 0.496 e. The Labute approximate surface area is 115 Å². The molecule has 0 radical (unpaired) electrons. The van der Waals surface area contributed by atoms with Gasteiger partial charge in [0.1, 0.15) is 5.75 Å². The molecule has 1 saturated heterocycles. The SMILES string of the molecule is COc1c(C)cc(CNCC2CNCCO2)cc1C. The Morgan fingerprint density at radius 1 is 1.37 bits per heavy atom. The predicted molar refractivity (Wildman–Crippen MR) is 76.8 cm³/mol. The first-order valence-electron chi connectivity index (χ1n) is 6.88. The molecule has 1 atom stereocenters. The molecule has 2 rings (SSSR count). The highest BCUT2D eigenvalue weighted by molar-refractivity contribution is 5.43. The molecular weight excluding hydrogens is 240 g/mol. The number of morpholine rings is 1. The smallest absolute Gasteiger partial charge is 0.124 e. The van der Waals surface area contributed by atoms with E-state index in [0.29, 0.717) is 0 Å². The van der Waals surface area contributed by atoms with Crippen molar-refractivity contribution in [1.82, 2.24) is 10.6 Å². The van der Waals surface area contributed by atoms with E-state index in [1.54, 1.807) is 7.11 Å². The zero-order valence-electron chi connectivity index (χ0n) is 12.1. The highest BCUT2D eigenvalue weighted by atomic mass is 16.5. The summed E-state index contributed by atoms with van der Waals surface area (Å²) in [5.74, 6) is 0.989. The van der Waals surface area contributed by atoms with Gasteiger partial charge in [-0.3, -0.25) is 0 Å². The molecule has 0 amide bonds. The van der Waals surface area contributed by atoms with E-state index in [1.807, 2.05) is 0 Å². The summed E-state index contributed by atoms with van der Waals surface area (Å²) in [5, 5.41) is 6.79.